The third-order valence-electron chi connectivity index (χ3n) is 0.881. The molecule has 1 atom stereocenters. The summed E-state index contributed by atoms with van der Waals surface area (Å²) in [7, 11) is 0. The SMILES string of the molecule is CCC(O)[C](O)SC. The summed E-state index contributed by atoms with van der Waals surface area (Å²) in [4.78, 5) is 0. The highest BCUT2D eigenvalue weighted by atomic mass is 32.2. The maximum Gasteiger partial charge on any atom is 0.176 e. The second-order valence-electron chi connectivity index (χ2n) is 1.47. The van der Waals surface area contributed by atoms with Crippen LogP contribution in [-0.4, -0.2) is 22.6 Å². The molecule has 0 fully saturated rings. The standard InChI is InChI=1S/C5H11O2S/c1-3-4(6)5(7)8-2/h4,6-7H,3H2,1-2H3. The lowest BCUT2D eigenvalue weighted by Gasteiger charge is -2.10. The molecule has 8 heavy (non-hydrogen) atoms. The van der Waals surface area contributed by atoms with Gasteiger partial charge in [0.2, 0.25) is 0 Å². The van der Waals surface area contributed by atoms with Gasteiger partial charge < -0.3 is 10.2 Å². The molecule has 0 saturated heterocycles. The van der Waals surface area contributed by atoms with Crippen LogP contribution in [0.25, 0.3) is 0 Å². The molecule has 0 saturated carbocycles. The van der Waals surface area contributed by atoms with Crippen LogP contribution < -0.4 is 0 Å². The van der Waals surface area contributed by atoms with Gasteiger partial charge in [-0.25, -0.2) is 0 Å². The average Bonchev–Trinajstić information content (AvgIpc) is 1.84. The van der Waals surface area contributed by atoms with E-state index in [2.05, 4.69) is 0 Å². The predicted molar refractivity (Wildman–Crippen MR) is 35.0 cm³/mol. The monoisotopic (exact) mass is 135 g/mol. The molecule has 1 unspecified atom stereocenters. The summed E-state index contributed by atoms with van der Waals surface area (Å²) < 4.78 is 0. The van der Waals surface area contributed by atoms with Crippen LogP contribution >= 0.6 is 11.8 Å². The molecule has 0 bridgehead atoms. The van der Waals surface area contributed by atoms with Crippen LogP contribution in [0.5, 0.6) is 0 Å². The van der Waals surface area contributed by atoms with Gasteiger partial charge in [-0.15, -0.1) is 11.8 Å². The lowest BCUT2D eigenvalue weighted by Crippen LogP contribution is -2.12. The predicted octanol–water partition coefficient (Wildman–Crippen LogP) is 0.982. The molecule has 49 valence electrons. The van der Waals surface area contributed by atoms with E-state index in [1.807, 2.05) is 6.92 Å². The van der Waals surface area contributed by atoms with Crippen LogP contribution in [0, 0.1) is 5.44 Å². The van der Waals surface area contributed by atoms with E-state index in [4.69, 9.17) is 10.2 Å². The van der Waals surface area contributed by atoms with Gasteiger partial charge in [0, 0.05) is 0 Å². The normalized spacial score (nSPS) is 14.6. The van der Waals surface area contributed by atoms with E-state index in [-0.39, 0.29) is 5.44 Å². The summed E-state index contributed by atoms with van der Waals surface area (Å²) in [6.45, 7) is 1.82. The number of aliphatic hydroxyl groups excluding tert-OH is 2. The zero-order chi connectivity index (χ0) is 6.57. The highest BCUT2D eigenvalue weighted by molar-refractivity contribution is 8.01. The minimum absolute atomic E-state index is 0.104. The first-order valence-electron chi connectivity index (χ1n) is 2.50. The lowest BCUT2D eigenvalue weighted by molar-refractivity contribution is 0.129. The van der Waals surface area contributed by atoms with E-state index < -0.39 is 6.10 Å². The molecule has 3 heteroatoms. The van der Waals surface area contributed by atoms with Gasteiger partial charge >= 0.3 is 0 Å². The maximum absolute atomic E-state index is 8.82. The summed E-state index contributed by atoms with van der Waals surface area (Å²) in [5.74, 6) is 0. The molecule has 0 rings (SSSR count). The second-order valence-corrected chi connectivity index (χ2v) is 2.29. The van der Waals surface area contributed by atoms with E-state index in [1.54, 1.807) is 6.26 Å². The van der Waals surface area contributed by atoms with E-state index in [1.165, 1.54) is 11.8 Å². The lowest BCUT2D eigenvalue weighted by atomic mass is 10.3. The van der Waals surface area contributed by atoms with Gasteiger partial charge in [0.1, 0.15) is 0 Å². The van der Waals surface area contributed by atoms with E-state index in [9.17, 15) is 0 Å². The fraction of sp³-hybridized carbons (Fsp3) is 0.800. The number of rotatable bonds is 3. The molecule has 0 spiro atoms. The smallest absolute Gasteiger partial charge is 0.176 e. The fourth-order valence-electron chi connectivity index (χ4n) is 0.311. The van der Waals surface area contributed by atoms with E-state index in [0.29, 0.717) is 6.42 Å². The number of thioether (sulfide) groups is 1. The molecule has 0 aliphatic carbocycles. The Bertz CT molecular complexity index is 50.4. The molecule has 0 aromatic heterocycles. The first-order valence-corrected chi connectivity index (χ1v) is 3.72. The van der Waals surface area contributed by atoms with Gasteiger partial charge in [-0.1, -0.05) is 6.92 Å². The molecular weight excluding hydrogens is 124 g/mol. The molecule has 0 aromatic rings. The quantitative estimate of drug-likeness (QED) is 0.606. The summed E-state index contributed by atoms with van der Waals surface area (Å²) in [5, 5.41) is 17.6. The minimum atomic E-state index is -0.648. The van der Waals surface area contributed by atoms with Crippen LogP contribution in [0.4, 0.5) is 0 Å². The maximum atomic E-state index is 8.82. The Kier molecular flexibility index (Phi) is 4.32. The molecule has 2 N–H and O–H groups in total. The van der Waals surface area contributed by atoms with Crippen LogP contribution in [0.1, 0.15) is 13.3 Å². The molecule has 0 heterocycles. The van der Waals surface area contributed by atoms with E-state index >= 15 is 0 Å². The van der Waals surface area contributed by atoms with Crippen molar-refractivity contribution in [1.29, 1.82) is 0 Å². The van der Waals surface area contributed by atoms with Crippen molar-refractivity contribution in [2.45, 2.75) is 19.4 Å². The van der Waals surface area contributed by atoms with Gasteiger partial charge in [-0.05, 0) is 12.7 Å². The third kappa shape index (κ3) is 2.55. The molecule has 1 radical (unpaired) electrons. The first-order chi connectivity index (χ1) is 3.72. The topological polar surface area (TPSA) is 40.5 Å². The molecule has 0 aliphatic heterocycles. The van der Waals surface area contributed by atoms with Crippen molar-refractivity contribution in [3.63, 3.8) is 0 Å². The highest BCUT2D eigenvalue weighted by Crippen LogP contribution is 2.17. The van der Waals surface area contributed by atoms with Crippen molar-refractivity contribution in [3.8, 4) is 0 Å². The van der Waals surface area contributed by atoms with Crippen molar-refractivity contribution < 1.29 is 10.2 Å². The largest absolute Gasteiger partial charge is 0.389 e. The Morgan fingerprint density at radius 1 is 1.75 bits per heavy atom. The molecule has 0 aromatic carbocycles. The van der Waals surface area contributed by atoms with Crippen LogP contribution in [0.15, 0.2) is 0 Å². The number of aliphatic hydroxyl groups is 2. The fourth-order valence-corrected chi connectivity index (χ4v) is 0.749. The Morgan fingerprint density at radius 2 is 2.25 bits per heavy atom. The third-order valence-corrected chi connectivity index (χ3v) is 1.57. The number of hydrogen-bond donors (Lipinski definition) is 2. The van der Waals surface area contributed by atoms with Crippen LogP contribution in [0.3, 0.4) is 0 Å². The van der Waals surface area contributed by atoms with Crippen molar-refractivity contribution in [2.75, 3.05) is 6.26 Å². The Morgan fingerprint density at radius 3 is 2.38 bits per heavy atom. The number of hydrogen-bond acceptors (Lipinski definition) is 3. The Labute approximate surface area is 53.9 Å². The molecule has 0 aliphatic rings. The van der Waals surface area contributed by atoms with Gasteiger partial charge in [0.15, 0.2) is 5.44 Å². The van der Waals surface area contributed by atoms with Crippen molar-refractivity contribution >= 4 is 11.8 Å². The minimum Gasteiger partial charge on any atom is -0.389 e. The van der Waals surface area contributed by atoms with Gasteiger partial charge in [-0.2, -0.15) is 0 Å². The Balaban J connectivity index is 3.29. The highest BCUT2D eigenvalue weighted by Gasteiger charge is 2.12. The first kappa shape index (κ1) is 8.27. The zero-order valence-electron chi connectivity index (χ0n) is 5.09. The summed E-state index contributed by atoms with van der Waals surface area (Å²) >= 11 is 1.18. The van der Waals surface area contributed by atoms with Gasteiger partial charge in [0.05, 0.1) is 6.10 Å². The molecule has 2 nitrogen and oxygen atoms in total. The Hall–Kier alpha value is 0.270. The van der Waals surface area contributed by atoms with Gasteiger partial charge in [-0.3, -0.25) is 0 Å². The van der Waals surface area contributed by atoms with Crippen LogP contribution in [-0.2, 0) is 0 Å². The summed E-state index contributed by atoms with van der Waals surface area (Å²) in [6.07, 6.45) is 1.66. The van der Waals surface area contributed by atoms with Crippen molar-refractivity contribution in [2.24, 2.45) is 0 Å². The second kappa shape index (κ2) is 4.18. The van der Waals surface area contributed by atoms with E-state index in [0.717, 1.165) is 0 Å². The summed E-state index contributed by atoms with van der Waals surface area (Å²) in [6, 6.07) is 0. The molecule has 0 amide bonds. The van der Waals surface area contributed by atoms with Crippen LogP contribution in [0.2, 0.25) is 0 Å². The molecular formula is C5H11O2S. The average molecular weight is 135 g/mol. The summed E-state index contributed by atoms with van der Waals surface area (Å²) in [5.41, 5.74) is 0.104. The van der Waals surface area contributed by atoms with Gasteiger partial charge in [0.25, 0.3) is 0 Å². The van der Waals surface area contributed by atoms with Crippen molar-refractivity contribution in [3.05, 3.63) is 5.44 Å². The van der Waals surface area contributed by atoms with Crippen molar-refractivity contribution in [1.82, 2.24) is 0 Å². The zero-order valence-corrected chi connectivity index (χ0v) is 5.90.